The molecule has 80 heavy (non-hydrogen) atoms. The normalized spacial score (nSPS) is 15.8. The van der Waals surface area contributed by atoms with E-state index in [1.807, 2.05) is 97.6 Å². The van der Waals surface area contributed by atoms with E-state index in [9.17, 15) is 60.0 Å². The molecule has 0 saturated carbocycles. The predicted octanol–water partition coefficient (Wildman–Crippen LogP) is 13.3. The average Bonchev–Trinajstić information content (AvgIpc) is 3.40. The molecular weight excluding hydrogens is 1130 g/mol. The Morgan fingerprint density at radius 2 is 0.688 bits per heavy atom. The van der Waals surface area contributed by atoms with Crippen LogP contribution in [0.2, 0.25) is 0 Å². The quantitative estimate of drug-likeness (QED) is 0.0652. The van der Waals surface area contributed by atoms with Gasteiger partial charge in [0.05, 0.1) is 78.2 Å². The maximum atomic E-state index is 11.6. The van der Waals surface area contributed by atoms with Gasteiger partial charge in [-0.15, -0.1) is 0 Å². The summed E-state index contributed by atoms with van der Waals surface area (Å²) in [5, 5.41) is 0. The fourth-order valence-electron chi connectivity index (χ4n) is 6.50. The van der Waals surface area contributed by atoms with Crippen LogP contribution in [0.1, 0.15) is 31.8 Å². The van der Waals surface area contributed by atoms with Crippen molar-refractivity contribution >= 4 is 27.6 Å². The maximum absolute atomic E-state index is 11.6. The molecule has 28 heteroatoms. The van der Waals surface area contributed by atoms with Crippen LogP contribution in [0.15, 0.2) is 146 Å². The first kappa shape index (κ1) is 65.7. The molecule has 0 radical (unpaired) electrons. The van der Waals surface area contributed by atoms with Gasteiger partial charge in [0.25, 0.3) is 0 Å². The zero-order chi connectivity index (χ0) is 58.8. The van der Waals surface area contributed by atoms with Crippen molar-refractivity contribution in [3.8, 4) is 34.1 Å². The number of hydrogen-bond acceptors (Lipinski definition) is 12. The van der Waals surface area contributed by atoms with E-state index < -0.39 is 15.6 Å². The molecule has 0 amide bonds. The SMILES string of the molecule is COC(=O)c1ccc(C[n+]2ccc(-c3cc[n+](Cc4ccc(C(=O)OC)cc4)cc3)cc2)cc1.F[P-](F)(F)(F)(F)F.F[P-](F)(F)(F)(F)F.c1cc2cc(c1)OCCOCCOCCOc1ccccc1OCCOCCOCCO2. The third-order valence-corrected chi connectivity index (χ3v) is 9.96. The Morgan fingerprint density at radius 1 is 0.400 bits per heavy atom. The van der Waals surface area contributed by atoms with Crippen molar-refractivity contribution in [3.63, 3.8) is 0 Å². The van der Waals surface area contributed by atoms with Crippen molar-refractivity contribution in [3.05, 3.63) is 168 Å². The Morgan fingerprint density at radius 3 is 0.988 bits per heavy atom. The second kappa shape index (κ2) is 28.5. The van der Waals surface area contributed by atoms with Gasteiger partial charge in [-0.05, 0) is 59.7 Å². The fourth-order valence-corrected chi connectivity index (χ4v) is 6.50. The monoisotopic (exact) mass is 1190 g/mol. The summed E-state index contributed by atoms with van der Waals surface area (Å²) in [6.45, 7) is 7.03. The number of nitrogens with zero attached hydrogens (tertiary/aromatic N) is 2. The number of esters is 2. The first-order valence-electron chi connectivity index (χ1n) is 23.8. The van der Waals surface area contributed by atoms with Crippen molar-refractivity contribution in [2.75, 3.05) is 93.5 Å². The Balaban J connectivity index is 0.000000278. The molecule has 4 aromatic carbocycles. The minimum Gasteiger partial charge on any atom is -0.491 e. The number of ether oxygens (including phenoxy) is 10. The molecule has 0 aliphatic carbocycles. The van der Waals surface area contributed by atoms with Crippen LogP contribution in [0.25, 0.3) is 11.1 Å². The molecule has 442 valence electrons. The van der Waals surface area contributed by atoms with Crippen LogP contribution in [0.5, 0.6) is 23.0 Å². The summed E-state index contributed by atoms with van der Waals surface area (Å²) in [7, 11) is -18.6. The van der Waals surface area contributed by atoms with Crippen LogP contribution in [0.4, 0.5) is 50.4 Å². The molecule has 2 bridgehead atoms. The number of carbonyl (C=O) groups is 2. The summed E-state index contributed by atoms with van der Waals surface area (Å²) in [5.74, 6) is 2.18. The first-order valence-corrected chi connectivity index (χ1v) is 27.9. The van der Waals surface area contributed by atoms with E-state index >= 15 is 0 Å². The smallest absolute Gasteiger partial charge is 0.161 e. The Labute approximate surface area is 452 Å². The summed E-state index contributed by atoms with van der Waals surface area (Å²) in [5.41, 5.74) is 5.56. The van der Waals surface area contributed by atoms with Gasteiger partial charge in [-0.1, -0.05) is 42.5 Å². The fraction of sp³-hybridized carbons (Fsp3) is 0.308. The molecule has 1 aliphatic heterocycles. The van der Waals surface area contributed by atoms with Crippen molar-refractivity contribution in [1.29, 1.82) is 0 Å². The van der Waals surface area contributed by atoms with Gasteiger partial charge < -0.3 is 47.4 Å². The zero-order valence-electron chi connectivity index (χ0n) is 43.0. The summed E-state index contributed by atoms with van der Waals surface area (Å²) in [6.07, 6.45) is 8.20. The molecular formula is C52H58F12N2O12P2. The van der Waals surface area contributed by atoms with Crippen LogP contribution < -0.4 is 28.1 Å². The summed E-state index contributed by atoms with van der Waals surface area (Å²) in [4.78, 5) is 23.1. The number of methoxy groups -OCH3 is 2. The molecule has 0 saturated heterocycles. The second-order valence-corrected chi connectivity index (χ2v) is 20.4. The number of aromatic nitrogens is 2. The van der Waals surface area contributed by atoms with Crippen molar-refractivity contribution in [2.45, 2.75) is 13.1 Å². The first-order chi connectivity index (χ1) is 37.4. The molecule has 0 N–H and O–H groups in total. The van der Waals surface area contributed by atoms with E-state index in [1.54, 1.807) is 24.3 Å². The minimum absolute atomic E-state index is 0.329. The van der Waals surface area contributed by atoms with Gasteiger partial charge in [-0.25, -0.2) is 18.7 Å². The topological polar surface area (TPSA) is 134 Å². The van der Waals surface area contributed by atoms with Gasteiger partial charge in [0, 0.05) is 41.5 Å². The standard InChI is InChI=1S/C28H26N2O4.C24H32O8.2F6P/c1-33-27(31)25-7-3-21(4-8-25)19-29-15-11-23(12-16-29)24-13-17-30(18-14-24)20-22-5-9-26(10-6-22)28(32)34-2;1-2-7-24-23(6-1)31-18-14-27-10-8-25-12-16-29-21-4-3-5-22(20-21)30-17-13-26-9-11-28-15-19-32-24;2*1-7(2,3,4,5)6/h3-18H,19-20H2,1-2H3;1-7,20H,8-19H2;;/q+2;;2*-1. The number of pyridine rings is 2. The molecule has 7 rings (SSSR count). The molecule has 0 fully saturated rings. The van der Waals surface area contributed by atoms with Gasteiger partial charge >= 0.3 is 77.9 Å². The third kappa shape index (κ3) is 32.3. The molecule has 2 aromatic heterocycles. The van der Waals surface area contributed by atoms with Gasteiger partial charge in [0.2, 0.25) is 0 Å². The molecule has 1 aliphatic rings. The summed E-state index contributed by atoms with van der Waals surface area (Å²) in [6, 6.07) is 38.3. The largest absolute Gasteiger partial charge is 0.491 e. The van der Waals surface area contributed by atoms with Crippen LogP contribution in [0, 0.1) is 0 Å². The van der Waals surface area contributed by atoms with Crippen LogP contribution in [0.3, 0.4) is 0 Å². The molecule has 6 aromatic rings. The van der Waals surface area contributed by atoms with Crippen LogP contribution in [-0.2, 0) is 41.5 Å². The van der Waals surface area contributed by atoms with E-state index in [0.29, 0.717) is 115 Å². The summed E-state index contributed by atoms with van der Waals surface area (Å²) >= 11 is 0. The molecule has 0 unspecified atom stereocenters. The van der Waals surface area contributed by atoms with E-state index in [0.717, 1.165) is 33.8 Å². The molecule has 14 nitrogen and oxygen atoms in total. The number of hydrogen-bond donors (Lipinski definition) is 0. The number of rotatable bonds is 7. The van der Waals surface area contributed by atoms with Crippen molar-refractivity contribution < 1.29 is 116 Å². The molecule has 0 atom stereocenters. The van der Waals surface area contributed by atoms with Gasteiger partial charge in [0.1, 0.15) is 37.9 Å². The number of para-hydroxylation sites is 2. The van der Waals surface area contributed by atoms with E-state index in [-0.39, 0.29) is 11.9 Å². The van der Waals surface area contributed by atoms with E-state index in [1.165, 1.54) is 14.2 Å². The Kier molecular flexibility index (Phi) is 23.4. The Bertz CT molecular complexity index is 2630. The molecule has 3 heterocycles. The minimum atomic E-state index is -10.7. The van der Waals surface area contributed by atoms with Gasteiger partial charge in [0.15, 0.2) is 49.4 Å². The number of benzene rings is 4. The van der Waals surface area contributed by atoms with E-state index in [2.05, 4.69) is 33.4 Å². The molecule has 0 spiro atoms. The number of halogens is 12. The number of fused-ring (bicyclic) bond motifs is 3. The van der Waals surface area contributed by atoms with Crippen molar-refractivity contribution in [2.24, 2.45) is 0 Å². The van der Waals surface area contributed by atoms with Crippen LogP contribution >= 0.6 is 15.6 Å². The van der Waals surface area contributed by atoms with Gasteiger partial charge in [-0.2, -0.15) is 0 Å². The Hall–Kier alpha value is -6.82. The third-order valence-electron chi connectivity index (χ3n) is 9.96. The number of carbonyl (C=O) groups excluding carboxylic acids is 2. The van der Waals surface area contributed by atoms with E-state index in [4.69, 9.17) is 47.4 Å². The second-order valence-electron chi connectivity index (χ2n) is 16.6. The predicted molar refractivity (Wildman–Crippen MR) is 271 cm³/mol. The van der Waals surface area contributed by atoms with Crippen molar-refractivity contribution in [1.82, 2.24) is 0 Å². The van der Waals surface area contributed by atoms with Gasteiger partial charge in [-0.3, -0.25) is 0 Å². The average molecular weight is 1190 g/mol. The summed E-state index contributed by atoms with van der Waals surface area (Å²) < 4.78 is 177. The van der Waals surface area contributed by atoms with Crippen LogP contribution in [-0.4, -0.2) is 105 Å². The zero-order valence-corrected chi connectivity index (χ0v) is 44.8. The maximum Gasteiger partial charge on any atom is 0.161 e.